The van der Waals surface area contributed by atoms with Gasteiger partial charge in [0.15, 0.2) is 0 Å². The van der Waals surface area contributed by atoms with E-state index in [4.69, 9.17) is 5.11 Å². The van der Waals surface area contributed by atoms with Gasteiger partial charge in [0, 0.05) is 19.2 Å². The maximum absolute atomic E-state index is 12.5. The predicted octanol–water partition coefficient (Wildman–Crippen LogP) is -0.222. The molecule has 2 heterocycles. The molecule has 0 aliphatic heterocycles. The second-order valence-electron chi connectivity index (χ2n) is 6.24. The Morgan fingerprint density at radius 1 is 1.07 bits per heavy atom. The number of carbonyl (C=O) groups is 4. The molecule has 10 nitrogen and oxygen atoms in total. The van der Waals surface area contributed by atoms with Gasteiger partial charge in [0.25, 0.3) is 5.91 Å². The number of carboxylic acid groups (broad SMARTS) is 1. The van der Waals surface area contributed by atoms with Crippen LogP contribution in [0.5, 0.6) is 0 Å². The number of hydrogen-bond acceptors (Lipinski definition) is 5. The summed E-state index contributed by atoms with van der Waals surface area (Å²) >= 11 is 0. The lowest BCUT2D eigenvalue weighted by molar-refractivity contribution is -0.137. The molecule has 0 aliphatic rings. The van der Waals surface area contributed by atoms with Crippen molar-refractivity contribution < 1.29 is 24.3 Å². The first kappa shape index (κ1) is 20.9. The molecule has 10 heteroatoms. The van der Waals surface area contributed by atoms with Crippen LogP contribution in [0.4, 0.5) is 0 Å². The van der Waals surface area contributed by atoms with Gasteiger partial charge in [-0.25, -0.2) is 4.98 Å². The fourth-order valence-corrected chi connectivity index (χ4v) is 2.63. The Balaban J connectivity index is 1.75. The van der Waals surface area contributed by atoms with Gasteiger partial charge in [-0.2, -0.15) is 0 Å². The molecule has 0 bridgehead atoms. The lowest BCUT2D eigenvalue weighted by Gasteiger charge is -2.07. The number of aryl methyl sites for hydroxylation is 2. The standard InChI is InChI=1S/C18H23N5O5/c1-11-5-4-8-23-16(12(2)22-17(11)23)18(28)19-7-3-6-13(24)20-9-14(25)21-10-15(26)27/h4-5,8H,3,6-7,9-10H2,1-2H3,(H,19,28)(H,20,24)(H,21,25)(H,26,27). The van der Waals surface area contributed by atoms with Crippen molar-refractivity contribution in [3.8, 4) is 0 Å². The van der Waals surface area contributed by atoms with Gasteiger partial charge in [-0.15, -0.1) is 0 Å². The molecule has 150 valence electrons. The lowest BCUT2D eigenvalue weighted by Crippen LogP contribution is -2.39. The fourth-order valence-electron chi connectivity index (χ4n) is 2.63. The van der Waals surface area contributed by atoms with Crippen LogP contribution < -0.4 is 16.0 Å². The van der Waals surface area contributed by atoms with Crippen LogP contribution in [0.2, 0.25) is 0 Å². The third-order valence-electron chi connectivity index (χ3n) is 3.98. The molecule has 2 rings (SSSR count). The van der Waals surface area contributed by atoms with Crippen LogP contribution in [-0.4, -0.2) is 57.8 Å². The largest absolute Gasteiger partial charge is 0.480 e. The molecule has 0 spiro atoms. The van der Waals surface area contributed by atoms with Crippen molar-refractivity contribution >= 4 is 29.3 Å². The van der Waals surface area contributed by atoms with Gasteiger partial charge in [0.2, 0.25) is 11.8 Å². The van der Waals surface area contributed by atoms with Crippen LogP contribution in [0.25, 0.3) is 5.65 Å². The van der Waals surface area contributed by atoms with E-state index in [2.05, 4.69) is 20.9 Å². The van der Waals surface area contributed by atoms with Crippen molar-refractivity contribution in [1.82, 2.24) is 25.3 Å². The number of carboxylic acids is 1. The molecule has 2 aromatic rings. The average molecular weight is 389 g/mol. The van der Waals surface area contributed by atoms with Crippen molar-refractivity contribution in [2.45, 2.75) is 26.7 Å². The molecular weight excluding hydrogens is 366 g/mol. The maximum atomic E-state index is 12.5. The Morgan fingerprint density at radius 3 is 2.50 bits per heavy atom. The third kappa shape index (κ3) is 5.53. The number of rotatable bonds is 9. The average Bonchev–Trinajstić information content (AvgIpc) is 2.99. The minimum absolute atomic E-state index is 0.123. The van der Waals surface area contributed by atoms with Gasteiger partial charge in [0.1, 0.15) is 17.9 Å². The molecule has 0 radical (unpaired) electrons. The summed E-state index contributed by atoms with van der Waals surface area (Å²) in [4.78, 5) is 50.2. The van der Waals surface area contributed by atoms with Crippen LogP contribution in [-0.2, 0) is 14.4 Å². The second-order valence-corrected chi connectivity index (χ2v) is 6.24. The minimum Gasteiger partial charge on any atom is -0.480 e. The fraction of sp³-hybridized carbons (Fsp3) is 0.389. The van der Waals surface area contributed by atoms with E-state index in [0.29, 0.717) is 17.8 Å². The topological polar surface area (TPSA) is 142 Å². The van der Waals surface area contributed by atoms with Gasteiger partial charge in [-0.05, 0) is 31.9 Å². The molecule has 0 saturated carbocycles. The van der Waals surface area contributed by atoms with Gasteiger partial charge in [-0.1, -0.05) is 6.07 Å². The molecule has 3 amide bonds. The summed E-state index contributed by atoms with van der Waals surface area (Å²) < 4.78 is 1.74. The minimum atomic E-state index is -1.16. The molecule has 0 aromatic carbocycles. The number of carbonyl (C=O) groups excluding carboxylic acids is 3. The number of fused-ring (bicyclic) bond motifs is 1. The highest BCUT2D eigenvalue weighted by atomic mass is 16.4. The number of pyridine rings is 1. The van der Waals surface area contributed by atoms with Crippen LogP contribution in [0, 0.1) is 13.8 Å². The summed E-state index contributed by atoms with van der Waals surface area (Å²) in [5, 5.41) is 15.7. The Bertz CT molecular complexity index is 905. The van der Waals surface area contributed by atoms with E-state index in [0.717, 1.165) is 11.2 Å². The summed E-state index contributed by atoms with van der Waals surface area (Å²) in [5.74, 6) is -2.38. The van der Waals surface area contributed by atoms with Crippen LogP contribution >= 0.6 is 0 Å². The zero-order valence-electron chi connectivity index (χ0n) is 15.7. The number of aliphatic carboxylic acids is 1. The number of nitrogens with zero attached hydrogens (tertiary/aromatic N) is 2. The van der Waals surface area contributed by atoms with E-state index in [-0.39, 0.29) is 31.3 Å². The van der Waals surface area contributed by atoms with E-state index < -0.39 is 18.4 Å². The Labute approximate surface area is 161 Å². The Kier molecular flexibility index (Phi) is 7.08. The van der Waals surface area contributed by atoms with Gasteiger partial charge >= 0.3 is 5.97 Å². The molecule has 0 unspecified atom stereocenters. The van der Waals surface area contributed by atoms with Gasteiger partial charge in [-0.3, -0.25) is 23.6 Å². The maximum Gasteiger partial charge on any atom is 0.322 e. The molecule has 0 aliphatic carbocycles. The van der Waals surface area contributed by atoms with Crippen molar-refractivity contribution in [1.29, 1.82) is 0 Å². The van der Waals surface area contributed by atoms with E-state index in [1.54, 1.807) is 17.5 Å². The highest BCUT2D eigenvalue weighted by Crippen LogP contribution is 2.15. The van der Waals surface area contributed by atoms with Gasteiger partial charge < -0.3 is 21.1 Å². The highest BCUT2D eigenvalue weighted by Gasteiger charge is 2.17. The summed E-state index contributed by atoms with van der Waals surface area (Å²) in [6.45, 7) is 3.19. The van der Waals surface area contributed by atoms with Gasteiger partial charge in [0.05, 0.1) is 12.2 Å². The van der Waals surface area contributed by atoms with Crippen molar-refractivity contribution in [3.05, 3.63) is 35.3 Å². The molecule has 28 heavy (non-hydrogen) atoms. The number of nitrogens with one attached hydrogen (secondary N) is 3. The quantitative estimate of drug-likeness (QED) is 0.437. The smallest absolute Gasteiger partial charge is 0.322 e. The number of aromatic nitrogens is 2. The number of hydrogen-bond donors (Lipinski definition) is 4. The van der Waals surface area contributed by atoms with Crippen molar-refractivity contribution in [2.75, 3.05) is 19.6 Å². The summed E-state index contributed by atoms with van der Waals surface area (Å²) in [7, 11) is 0. The first-order chi connectivity index (χ1) is 13.3. The number of imidazole rings is 1. The molecule has 2 aromatic heterocycles. The van der Waals surface area contributed by atoms with E-state index >= 15 is 0 Å². The zero-order chi connectivity index (χ0) is 20.7. The van der Waals surface area contributed by atoms with Crippen molar-refractivity contribution in [3.63, 3.8) is 0 Å². The van der Waals surface area contributed by atoms with E-state index in [1.807, 2.05) is 19.1 Å². The summed E-state index contributed by atoms with van der Waals surface area (Å²) in [6.07, 6.45) is 2.29. The van der Waals surface area contributed by atoms with Crippen molar-refractivity contribution in [2.24, 2.45) is 0 Å². The molecule has 0 saturated heterocycles. The van der Waals surface area contributed by atoms with E-state index in [1.165, 1.54) is 0 Å². The first-order valence-electron chi connectivity index (χ1n) is 8.77. The van der Waals surface area contributed by atoms with Crippen LogP contribution in [0.3, 0.4) is 0 Å². The molecule has 4 N–H and O–H groups in total. The van der Waals surface area contributed by atoms with Crippen LogP contribution in [0.15, 0.2) is 18.3 Å². The summed E-state index contributed by atoms with van der Waals surface area (Å²) in [5.41, 5.74) is 2.77. The Hall–Kier alpha value is -3.43. The SMILES string of the molecule is Cc1nc2c(C)cccn2c1C(=O)NCCCC(=O)NCC(=O)NCC(=O)O. The monoisotopic (exact) mass is 389 g/mol. The second kappa shape index (κ2) is 9.49. The normalized spacial score (nSPS) is 10.5. The molecule has 0 atom stereocenters. The molecular formula is C18H23N5O5. The van der Waals surface area contributed by atoms with Crippen LogP contribution in [0.1, 0.15) is 34.6 Å². The highest BCUT2D eigenvalue weighted by molar-refractivity contribution is 5.94. The zero-order valence-corrected chi connectivity index (χ0v) is 15.7. The third-order valence-corrected chi connectivity index (χ3v) is 3.98. The summed E-state index contributed by atoms with van der Waals surface area (Å²) in [6, 6.07) is 3.77. The molecule has 0 fully saturated rings. The first-order valence-corrected chi connectivity index (χ1v) is 8.77. The lowest BCUT2D eigenvalue weighted by atomic mass is 10.2. The van der Waals surface area contributed by atoms with E-state index in [9.17, 15) is 19.2 Å². The number of amides is 3. The predicted molar refractivity (Wildman–Crippen MR) is 99.9 cm³/mol. The Morgan fingerprint density at radius 2 is 1.79 bits per heavy atom.